The number of rotatable bonds is 4. The Morgan fingerprint density at radius 3 is 2.66 bits per heavy atom. The number of aryl methyl sites for hydroxylation is 1. The van der Waals surface area contributed by atoms with E-state index in [1.807, 2.05) is 31.2 Å². The number of benzene rings is 2. The van der Waals surface area contributed by atoms with Crippen LogP contribution >= 0.6 is 0 Å². The van der Waals surface area contributed by atoms with Crippen LogP contribution in [0, 0.1) is 12.7 Å². The van der Waals surface area contributed by atoms with Gasteiger partial charge in [0.25, 0.3) is 0 Å². The summed E-state index contributed by atoms with van der Waals surface area (Å²) in [5.41, 5.74) is 2.48. The highest BCUT2D eigenvalue weighted by Gasteiger charge is 2.23. The second-order valence-electron chi connectivity index (χ2n) is 7.05. The van der Waals surface area contributed by atoms with E-state index in [2.05, 4.69) is 25.7 Å². The molecular formula is C20H22FN7O. The van der Waals surface area contributed by atoms with E-state index in [4.69, 9.17) is 0 Å². The molecule has 2 aromatic carbocycles. The van der Waals surface area contributed by atoms with Gasteiger partial charge in [0.2, 0.25) is 0 Å². The minimum atomic E-state index is -0.336. The van der Waals surface area contributed by atoms with Crippen molar-refractivity contribution < 1.29 is 9.18 Å². The average Bonchev–Trinajstić information content (AvgIpc) is 3.17. The van der Waals surface area contributed by atoms with Crippen LogP contribution in [-0.4, -0.2) is 62.2 Å². The number of tetrazole rings is 1. The molecule has 1 N–H and O–H groups in total. The molecule has 1 aliphatic heterocycles. The van der Waals surface area contributed by atoms with E-state index in [0.717, 1.165) is 11.3 Å². The standard InChI is InChI=1S/C20H22FN7O/c1-15-4-2-6-17(12-15)22-20(29)27-10-8-26(9-11-27)14-19-23-24-25-28(19)18-7-3-5-16(21)13-18/h2-7,12-13H,8-11,14H2,1H3,(H,22,29). The van der Waals surface area contributed by atoms with Gasteiger partial charge in [0.05, 0.1) is 12.2 Å². The van der Waals surface area contributed by atoms with E-state index in [0.29, 0.717) is 44.2 Å². The van der Waals surface area contributed by atoms with E-state index in [1.54, 1.807) is 21.7 Å². The van der Waals surface area contributed by atoms with E-state index < -0.39 is 0 Å². The summed E-state index contributed by atoms with van der Waals surface area (Å²) in [6, 6.07) is 13.8. The van der Waals surface area contributed by atoms with E-state index in [9.17, 15) is 9.18 Å². The van der Waals surface area contributed by atoms with Crippen LogP contribution in [0.15, 0.2) is 48.5 Å². The minimum absolute atomic E-state index is 0.0974. The summed E-state index contributed by atoms with van der Waals surface area (Å²) in [5, 5.41) is 14.7. The molecule has 2 heterocycles. The molecule has 8 nitrogen and oxygen atoms in total. The topological polar surface area (TPSA) is 79.2 Å². The Morgan fingerprint density at radius 2 is 1.90 bits per heavy atom. The number of piperazine rings is 1. The van der Waals surface area contributed by atoms with Crippen molar-refractivity contribution in [1.29, 1.82) is 0 Å². The molecule has 0 spiro atoms. The van der Waals surface area contributed by atoms with Crippen molar-refractivity contribution in [3.63, 3.8) is 0 Å². The second-order valence-corrected chi connectivity index (χ2v) is 7.05. The number of nitrogens with zero attached hydrogens (tertiary/aromatic N) is 6. The van der Waals surface area contributed by atoms with Gasteiger partial charge in [-0.25, -0.2) is 9.18 Å². The summed E-state index contributed by atoms with van der Waals surface area (Å²) < 4.78 is 15.1. The van der Waals surface area contributed by atoms with E-state index >= 15 is 0 Å². The third kappa shape index (κ3) is 4.57. The zero-order valence-corrected chi connectivity index (χ0v) is 16.1. The van der Waals surface area contributed by atoms with Gasteiger partial charge in [0.1, 0.15) is 5.82 Å². The van der Waals surface area contributed by atoms with Crippen LogP contribution in [0.25, 0.3) is 5.69 Å². The lowest BCUT2D eigenvalue weighted by molar-refractivity contribution is 0.140. The summed E-state index contributed by atoms with van der Waals surface area (Å²) in [7, 11) is 0. The molecule has 0 unspecified atom stereocenters. The van der Waals surface area contributed by atoms with Gasteiger partial charge in [-0.15, -0.1) is 5.10 Å². The minimum Gasteiger partial charge on any atom is -0.322 e. The normalized spacial score (nSPS) is 14.8. The number of urea groups is 1. The first-order valence-electron chi connectivity index (χ1n) is 9.46. The molecule has 9 heteroatoms. The number of aromatic nitrogens is 4. The maximum Gasteiger partial charge on any atom is 0.321 e. The number of carbonyl (C=O) groups is 1. The molecule has 1 saturated heterocycles. The maximum absolute atomic E-state index is 13.5. The van der Waals surface area contributed by atoms with Crippen LogP contribution in [0.3, 0.4) is 0 Å². The Bertz CT molecular complexity index is 998. The Kier molecular flexibility index (Phi) is 5.48. The molecular weight excluding hydrogens is 373 g/mol. The number of nitrogens with one attached hydrogen (secondary N) is 1. The average molecular weight is 395 g/mol. The van der Waals surface area contributed by atoms with Crippen molar-refractivity contribution in [3.8, 4) is 5.69 Å². The molecule has 3 aromatic rings. The lowest BCUT2D eigenvalue weighted by Crippen LogP contribution is -2.49. The van der Waals surface area contributed by atoms with E-state index in [1.165, 1.54) is 12.1 Å². The summed E-state index contributed by atoms with van der Waals surface area (Å²) >= 11 is 0. The molecule has 0 aliphatic carbocycles. The van der Waals surface area contributed by atoms with Gasteiger partial charge in [-0.2, -0.15) is 4.68 Å². The molecule has 2 amide bonds. The number of amides is 2. The van der Waals surface area contributed by atoms with Crippen molar-refractivity contribution in [2.24, 2.45) is 0 Å². The summed E-state index contributed by atoms with van der Waals surface area (Å²) in [5.74, 6) is 0.297. The second kappa shape index (κ2) is 8.36. The molecule has 0 radical (unpaired) electrons. The molecule has 0 atom stereocenters. The molecule has 1 aromatic heterocycles. The third-order valence-corrected chi connectivity index (χ3v) is 4.88. The zero-order chi connectivity index (χ0) is 20.2. The first kappa shape index (κ1) is 19.0. The highest BCUT2D eigenvalue weighted by molar-refractivity contribution is 5.89. The summed E-state index contributed by atoms with van der Waals surface area (Å²) in [6.45, 7) is 5.15. The van der Waals surface area contributed by atoms with Gasteiger partial charge < -0.3 is 10.2 Å². The SMILES string of the molecule is Cc1cccc(NC(=O)N2CCN(Cc3nnnn3-c3cccc(F)c3)CC2)c1. The van der Waals surface area contributed by atoms with Crippen molar-refractivity contribution in [3.05, 3.63) is 65.7 Å². The molecule has 1 aliphatic rings. The molecule has 29 heavy (non-hydrogen) atoms. The highest BCUT2D eigenvalue weighted by atomic mass is 19.1. The van der Waals surface area contributed by atoms with Crippen molar-refractivity contribution in [2.75, 3.05) is 31.5 Å². The molecule has 0 bridgehead atoms. The van der Waals surface area contributed by atoms with Gasteiger partial charge in [0.15, 0.2) is 5.82 Å². The number of carbonyl (C=O) groups excluding carboxylic acids is 1. The number of hydrogen-bond acceptors (Lipinski definition) is 5. The zero-order valence-electron chi connectivity index (χ0n) is 16.1. The Morgan fingerprint density at radius 1 is 1.10 bits per heavy atom. The van der Waals surface area contributed by atoms with Crippen molar-refractivity contribution in [2.45, 2.75) is 13.5 Å². The smallest absolute Gasteiger partial charge is 0.321 e. The van der Waals surface area contributed by atoms with E-state index in [-0.39, 0.29) is 11.8 Å². The van der Waals surface area contributed by atoms with Crippen LogP contribution in [0.2, 0.25) is 0 Å². The monoisotopic (exact) mass is 395 g/mol. The largest absolute Gasteiger partial charge is 0.322 e. The molecule has 0 saturated carbocycles. The maximum atomic E-state index is 13.5. The van der Waals surface area contributed by atoms with Crippen molar-refractivity contribution >= 4 is 11.7 Å². The number of halogens is 1. The van der Waals surface area contributed by atoms with Gasteiger partial charge >= 0.3 is 6.03 Å². The lowest BCUT2D eigenvalue weighted by atomic mass is 10.2. The Balaban J connectivity index is 1.34. The van der Waals surface area contributed by atoms with Crippen molar-refractivity contribution in [1.82, 2.24) is 30.0 Å². The van der Waals surface area contributed by atoms with Gasteiger partial charge in [0, 0.05) is 31.9 Å². The highest BCUT2D eigenvalue weighted by Crippen LogP contribution is 2.14. The fourth-order valence-corrected chi connectivity index (χ4v) is 3.35. The van der Waals surface area contributed by atoms with Gasteiger partial charge in [-0.05, 0) is 53.2 Å². The lowest BCUT2D eigenvalue weighted by Gasteiger charge is -2.34. The quantitative estimate of drug-likeness (QED) is 0.734. The predicted molar refractivity (Wildman–Crippen MR) is 106 cm³/mol. The van der Waals surface area contributed by atoms with Crippen LogP contribution in [0.4, 0.5) is 14.9 Å². The first-order chi connectivity index (χ1) is 14.1. The van der Waals surface area contributed by atoms with Crippen LogP contribution < -0.4 is 5.32 Å². The van der Waals surface area contributed by atoms with Crippen LogP contribution in [-0.2, 0) is 6.54 Å². The predicted octanol–water partition coefficient (Wildman–Crippen LogP) is 2.46. The fraction of sp³-hybridized carbons (Fsp3) is 0.300. The Labute approximate surface area is 167 Å². The number of anilines is 1. The van der Waals surface area contributed by atoms with Gasteiger partial charge in [-0.3, -0.25) is 4.90 Å². The fourth-order valence-electron chi connectivity index (χ4n) is 3.35. The summed E-state index contributed by atoms with van der Waals surface area (Å²) in [4.78, 5) is 16.5. The first-order valence-corrected chi connectivity index (χ1v) is 9.46. The van der Waals surface area contributed by atoms with Crippen LogP contribution in [0.1, 0.15) is 11.4 Å². The molecule has 150 valence electrons. The van der Waals surface area contributed by atoms with Gasteiger partial charge in [-0.1, -0.05) is 18.2 Å². The third-order valence-electron chi connectivity index (χ3n) is 4.88. The van der Waals surface area contributed by atoms with Crippen LogP contribution in [0.5, 0.6) is 0 Å². The Hall–Kier alpha value is -3.33. The molecule has 1 fully saturated rings. The number of hydrogen-bond donors (Lipinski definition) is 1. The summed E-state index contributed by atoms with van der Waals surface area (Å²) in [6.07, 6.45) is 0. The molecule has 4 rings (SSSR count).